The average molecular weight is 440 g/mol. The molecule has 0 saturated carbocycles. The summed E-state index contributed by atoms with van der Waals surface area (Å²) < 4.78 is 7.36. The van der Waals surface area contributed by atoms with Gasteiger partial charge in [-0.2, -0.15) is 0 Å². The van der Waals surface area contributed by atoms with Gasteiger partial charge in [0.25, 0.3) is 5.91 Å². The van der Waals surface area contributed by atoms with Gasteiger partial charge in [0.15, 0.2) is 0 Å². The van der Waals surface area contributed by atoms with E-state index in [2.05, 4.69) is 16.3 Å². The predicted molar refractivity (Wildman–Crippen MR) is 123 cm³/mol. The number of benzene rings is 2. The summed E-state index contributed by atoms with van der Waals surface area (Å²) in [6.45, 7) is 6.98. The zero-order valence-corrected chi connectivity index (χ0v) is 18.3. The number of rotatable bonds is 6. The Labute approximate surface area is 186 Å². The third-order valence-electron chi connectivity index (χ3n) is 5.61. The van der Waals surface area contributed by atoms with Crippen LogP contribution in [0.3, 0.4) is 0 Å². The molecular weight excluding hydrogens is 414 g/mol. The lowest BCUT2D eigenvalue weighted by Crippen LogP contribution is -2.35. The number of amides is 1. The smallest absolute Gasteiger partial charge is 0.257 e. The molecular formula is C24H26ClN3O3. The number of aromatic nitrogens is 1. The van der Waals surface area contributed by atoms with Gasteiger partial charge in [-0.15, -0.1) is 0 Å². The number of morpholine rings is 1. The number of nitrogens with one attached hydrogen (secondary N) is 1. The quantitative estimate of drug-likeness (QED) is 0.639. The van der Waals surface area contributed by atoms with Gasteiger partial charge in [-0.1, -0.05) is 29.8 Å². The molecule has 2 aromatic carbocycles. The van der Waals surface area contributed by atoms with Crippen LogP contribution in [0.5, 0.6) is 0 Å². The molecule has 0 spiro atoms. The first-order valence-electron chi connectivity index (χ1n) is 10.5. The lowest BCUT2D eigenvalue weighted by atomic mass is 10.1. The highest BCUT2D eigenvalue weighted by molar-refractivity contribution is 6.30. The molecule has 3 aromatic rings. The molecule has 0 atom stereocenters. The van der Waals surface area contributed by atoms with Crippen LogP contribution in [0.1, 0.15) is 28.4 Å². The topological polar surface area (TPSA) is 63.6 Å². The third kappa shape index (κ3) is 4.98. The van der Waals surface area contributed by atoms with Crippen LogP contribution in [0.4, 0.5) is 0 Å². The summed E-state index contributed by atoms with van der Waals surface area (Å²) in [5.41, 5.74) is 2.74. The number of ether oxygens (including phenoxy) is 1. The standard InChI is InChI=1S/C24H26ClN3O3/c1-2-28-16-21(24(30)26-14-17-3-6-19(25)7-4-17)23(29)20-13-18(5-8-22(20)28)15-27-9-11-31-12-10-27/h3-8,13,16H,2,9-12,14-15H2,1H3,(H,26,30). The summed E-state index contributed by atoms with van der Waals surface area (Å²) in [6, 6.07) is 13.2. The van der Waals surface area contributed by atoms with Gasteiger partial charge in [-0.3, -0.25) is 14.5 Å². The first kappa shape index (κ1) is 21.6. The fourth-order valence-corrected chi connectivity index (χ4v) is 3.99. The summed E-state index contributed by atoms with van der Waals surface area (Å²) >= 11 is 5.91. The van der Waals surface area contributed by atoms with Crippen molar-refractivity contribution < 1.29 is 9.53 Å². The summed E-state index contributed by atoms with van der Waals surface area (Å²) in [5.74, 6) is -0.373. The molecule has 4 rings (SSSR count). The van der Waals surface area contributed by atoms with Crippen molar-refractivity contribution in [1.82, 2.24) is 14.8 Å². The van der Waals surface area contributed by atoms with E-state index in [9.17, 15) is 9.59 Å². The Kier molecular flexibility index (Phi) is 6.70. The second-order valence-electron chi connectivity index (χ2n) is 7.71. The number of aryl methyl sites for hydroxylation is 1. The highest BCUT2D eigenvalue weighted by Crippen LogP contribution is 2.17. The molecule has 0 radical (unpaired) electrons. The van der Waals surface area contributed by atoms with E-state index in [1.807, 2.05) is 35.8 Å². The van der Waals surface area contributed by atoms with Gasteiger partial charge >= 0.3 is 0 Å². The van der Waals surface area contributed by atoms with Crippen LogP contribution in [-0.4, -0.2) is 41.7 Å². The average Bonchev–Trinajstić information content (AvgIpc) is 2.80. The lowest BCUT2D eigenvalue weighted by molar-refractivity contribution is 0.0342. The van der Waals surface area contributed by atoms with E-state index in [0.29, 0.717) is 23.5 Å². The molecule has 1 saturated heterocycles. The summed E-state index contributed by atoms with van der Waals surface area (Å²) in [7, 11) is 0. The van der Waals surface area contributed by atoms with Crippen LogP contribution >= 0.6 is 11.6 Å². The van der Waals surface area contributed by atoms with Crippen LogP contribution < -0.4 is 10.7 Å². The molecule has 0 bridgehead atoms. The van der Waals surface area contributed by atoms with Gasteiger partial charge in [0.05, 0.1) is 18.7 Å². The van der Waals surface area contributed by atoms with Gasteiger partial charge in [0.2, 0.25) is 5.43 Å². The van der Waals surface area contributed by atoms with Crippen molar-refractivity contribution in [2.24, 2.45) is 0 Å². The SMILES string of the molecule is CCn1cc(C(=O)NCc2ccc(Cl)cc2)c(=O)c2cc(CN3CCOCC3)ccc21. The predicted octanol–water partition coefficient (Wildman–Crippen LogP) is 3.44. The minimum Gasteiger partial charge on any atom is -0.379 e. The van der Waals surface area contributed by atoms with Crippen LogP contribution in [0, 0.1) is 0 Å². The van der Waals surface area contributed by atoms with Gasteiger partial charge in [-0.05, 0) is 42.3 Å². The number of nitrogens with zero attached hydrogens (tertiary/aromatic N) is 2. The fraction of sp³-hybridized carbons (Fsp3) is 0.333. The lowest BCUT2D eigenvalue weighted by Gasteiger charge is -2.26. The van der Waals surface area contributed by atoms with Crippen LogP contribution in [0.15, 0.2) is 53.5 Å². The first-order chi connectivity index (χ1) is 15.0. The Balaban J connectivity index is 1.61. The van der Waals surface area contributed by atoms with Gasteiger partial charge in [0.1, 0.15) is 5.56 Å². The zero-order valence-electron chi connectivity index (χ0n) is 17.6. The van der Waals surface area contributed by atoms with E-state index in [-0.39, 0.29) is 16.9 Å². The Hall–Kier alpha value is -2.67. The maximum atomic E-state index is 13.2. The van der Waals surface area contributed by atoms with Crippen molar-refractivity contribution in [3.8, 4) is 0 Å². The Morgan fingerprint density at radius 1 is 1.10 bits per heavy atom. The molecule has 1 aliphatic heterocycles. The van der Waals surface area contributed by atoms with E-state index in [4.69, 9.17) is 16.3 Å². The molecule has 31 heavy (non-hydrogen) atoms. The molecule has 1 amide bonds. The monoisotopic (exact) mass is 439 g/mol. The summed E-state index contributed by atoms with van der Waals surface area (Å²) in [4.78, 5) is 28.4. The normalized spacial score (nSPS) is 14.6. The molecule has 1 aliphatic rings. The summed E-state index contributed by atoms with van der Waals surface area (Å²) in [5, 5.41) is 4.07. The van der Waals surface area contributed by atoms with E-state index < -0.39 is 0 Å². The van der Waals surface area contributed by atoms with E-state index in [1.54, 1.807) is 18.3 Å². The number of carbonyl (C=O) groups is 1. The number of carbonyl (C=O) groups excluding carboxylic acids is 1. The van der Waals surface area contributed by atoms with Crippen molar-refractivity contribution in [1.29, 1.82) is 0 Å². The minimum atomic E-state index is -0.373. The Bertz CT molecular complexity index is 1140. The van der Waals surface area contributed by atoms with Crippen molar-refractivity contribution in [3.63, 3.8) is 0 Å². The molecule has 1 aromatic heterocycles. The highest BCUT2D eigenvalue weighted by atomic mass is 35.5. The Morgan fingerprint density at radius 3 is 2.52 bits per heavy atom. The van der Waals surface area contributed by atoms with E-state index >= 15 is 0 Å². The first-order valence-corrected chi connectivity index (χ1v) is 10.9. The molecule has 0 unspecified atom stereocenters. The number of halogens is 1. The van der Waals surface area contributed by atoms with Gasteiger partial charge < -0.3 is 14.6 Å². The van der Waals surface area contributed by atoms with E-state index in [1.165, 1.54) is 0 Å². The van der Waals surface area contributed by atoms with E-state index in [0.717, 1.165) is 49.5 Å². The van der Waals surface area contributed by atoms with Crippen molar-refractivity contribution in [3.05, 3.63) is 80.6 Å². The van der Waals surface area contributed by atoms with Crippen molar-refractivity contribution >= 4 is 28.4 Å². The maximum absolute atomic E-state index is 13.2. The fourth-order valence-electron chi connectivity index (χ4n) is 3.86. The molecule has 7 heteroatoms. The minimum absolute atomic E-state index is 0.159. The summed E-state index contributed by atoms with van der Waals surface area (Å²) in [6.07, 6.45) is 1.66. The van der Waals surface area contributed by atoms with Crippen LogP contribution in [0.25, 0.3) is 10.9 Å². The largest absolute Gasteiger partial charge is 0.379 e. The van der Waals surface area contributed by atoms with Gasteiger partial charge in [-0.25, -0.2) is 0 Å². The molecule has 1 N–H and O–H groups in total. The second-order valence-corrected chi connectivity index (χ2v) is 8.14. The zero-order chi connectivity index (χ0) is 21.8. The van der Waals surface area contributed by atoms with Crippen molar-refractivity contribution in [2.75, 3.05) is 26.3 Å². The molecule has 1 fully saturated rings. The maximum Gasteiger partial charge on any atom is 0.257 e. The Morgan fingerprint density at radius 2 is 1.81 bits per heavy atom. The number of hydrogen-bond donors (Lipinski definition) is 1. The number of hydrogen-bond acceptors (Lipinski definition) is 4. The third-order valence-corrected chi connectivity index (χ3v) is 5.86. The van der Waals surface area contributed by atoms with Gasteiger partial charge in [0, 0.05) is 49.3 Å². The van der Waals surface area contributed by atoms with Crippen molar-refractivity contribution in [2.45, 2.75) is 26.6 Å². The number of pyridine rings is 1. The second kappa shape index (κ2) is 9.64. The molecule has 0 aliphatic carbocycles. The van der Waals surface area contributed by atoms with Crippen LogP contribution in [-0.2, 0) is 24.4 Å². The molecule has 162 valence electrons. The highest BCUT2D eigenvalue weighted by Gasteiger charge is 2.17. The number of fused-ring (bicyclic) bond motifs is 1. The molecule has 2 heterocycles. The van der Waals surface area contributed by atoms with Crippen LogP contribution in [0.2, 0.25) is 5.02 Å². The molecule has 6 nitrogen and oxygen atoms in total.